The van der Waals surface area contributed by atoms with Crippen LogP contribution in [0.1, 0.15) is 22.5 Å². The summed E-state index contributed by atoms with van der Waals surface area (Å²) in [5, 5.41) is 2.21. The average molecular weight is 495 g/mol. The Balaban J connectivity index is 1.62. The zero-order valence-corrected chi connectivity index (χ0v) is 18.7. The molecule has 1 N–H and O–H groups in total. The fourth-order valence-electron chi connectivity index (χ4n) is 3.28. The number of hydrogen-bond donors (Lipinski definition) is 1. The van der Waals surface area contributed by atoms with Crippen LogP contribution in [0.4, 0.5) is 4.79 Å². The van der Waals surface area contributed by atoms with Gasteiger partial charge in [0.15, 0.2) is 0 Å². The van der Waals surface area contributed by atoms with Gasteiger partial charge in [-0.05, 0) is 48.9 Å². The van der Waals surface area contributed by atoms with Crippen LogP contribution in [0, 0.1) is 6.92 Å². The molecule has 1 saturated heterocycles. The first-order chi connectivity index (χ1) is 15.4. The molecule has 1 aliphatic heterocycles. The van der Waals surface area contributed by atoms with E-state index >= 15 is 0 Å². The van der Waals surface area contributed by atoms with Gasteiger partial charge in [0.1, 0.15) is 23.7 Å². The first kappa shape index (κ1) is 21.6. The fraction of sp³-hybridized carbons (Fsp3) is 0.125. The van der Waals surface area contributed by atoms with Gasteiger partial charge in [-0.2, -0.15) is 0 Å². The Morgan fingerprint density at radius 3 is 2.69 bits per heavy atom. The summed E-state index contributed by atoms with van der Waals surface area (Å²) in [5.74, 6) is -0.552. The maximum Gasteiger partial charge on any atom is 0.331 e. The van der Waals surface area contributed by atoms with E-state index in [1.807, 2.05) is 37.3 Å². The summed E-state index contributed by atoms with van der Waals surface area (Å²) in [6, 6.07) is 15.7. The molecule has 0 saturated carbocycles. The highest BCUT2D eigenvalue weighted by Gasteiger charge is 2.36. The second-order valence-corrected chi connectivity index (χ2v) is 8.16. The molecule has 7 nitrogen and oxygen atoms in total. The molecule has 1 aliphatic rings. The quantitative estimate of drug-likeness (QED) is 0.399. The molecule has 0 radical (unpaired) electrons. The lowest BCUT2D eigenvalue weighted by Crippen LogP contribution is -2.53. The minimum Gasteiger partial charge on any atom is -0.488 e. The van der Waals surface area contributed by atoms with Gasteiger partial charge in [-0.1, -0.05) is 45.8 Å². The van der Waals surface area contributed by atoms with Crippen LogP contribution >= 0.6 is 15.9 Å². The number of amides is 4. The molecule has 162 valence electrons. The average Bonchev–Trinajstić information content (AvgIpc) is 3.27. The van der Waals surface area contributed by atoms with Crippen LogP contribution in [0.5, 0.6) is 5.75 Å². The van der Waals surface area contributed by atoms with Crippen molar-refractivity contribution >= 4 is 39.9 Å². The van der Waals surface area contributed by atoms with Crippen molar-refractivity contribution in [1.82, 2.24) is 10.2 Å². The van der Waals surface area contributed by atoms with E-state index in [0.717, 1.165) is 20.5 Å². The number of nitrogens with one attached hydrogen (secondary N) is 1. The number of rotatable bonds is 6. The molecule has 2 aromatic carbocycles. The molecule has 3 aromatic rings. The van der Waals surface area contributed by atoms with Crippen LogP contribution in [-0.4, -0.2) is 22.7 Å². The molecular weight excluding hydrogens is 476 g/mol. The molecule has 4 amide bonds. The van der Waals surface area contributed by atoms with Crippen LogP contribution in [0.15, 0.2) is 75.3 Å². The van der Waals surface area contributed by atoms with Crippen molar-refractivity contribution in [3.05, 3.63) is 93.4 Å². The molecule has 32 heavy (non-hydrogen) atoms. The minimum atomic E-state index is -0.793. The van der Waals surface area contributed by atoms with Gasteiger partial charge < -0.3 is 9.15 Å². The van der Waals surface area contributed by atoms with E-state index in [0.29, 0.717) is 23.7 Å². The lowest BCUT2D eigenvalue weighted by molar-refractivity contribution is -0.130. The molecule has 1 aromatic heterocycles. The predicted octanol–water partition coefficient (Wildman–Crippen LogP) is 4.59. The topological polar surface area (TPSA) is 88.8 Å². The number of hydrogen-bond acceptors (Lipinski definition) is 5. The van der Waals surface area contributed by atoms with Crippen molar-refractivity contribution in [2.75, 3.05) is 0 Å². The Bertz CT molecular complexity index is 1220. The Labute approximate surface area is 192 Å². The summed E-state index contributed by atoms with van der Waals surface area (Å²) in [7, 11) is 0. The maximum absolute atomic E-state index is 13.0. The van der Waals surface area contributed by atoms with Crippen molar-refractivity contribution in [2.24, 2.45) is 0 Å². The summed E-state index contributed by atoms with van der Waals surface area (Å²) in [6.45, 7) is 2.24. The number of carbonyl (C=O) groups excluding carboxylic acids is 3. The number of furan rings is 1. The summed E-state index contributed by atoms with van der Waals surface area (Å²) < 4.78 is 11.9. The van der Waals surface area contributed by atoms with Crippen molar-refractivity contribution in [1.29, 1.82) is 0 Å². The van der Waals surface area contributed by atoms with Crippen molar-refractivity contribution in [3.8, 4) is 5.75 Å². The van der Waals surface area contributed by atoms with Gasteiger partial charge in [-0.15, -0.1) is 0 Å². The van der Waals surface area contributed by atoms with Crippen molar-refractivity contribution in [3.63, 3.8) is 0 Å². The summed E-state index contributed by atoms with van der Waals surface area (Å²) >= 11 is 3.41. The SMILES string of the molecule is Cc1cccc(COc2ccc(Br)cc2/C=C2\C(=O)NC(=O)N(Cc3ccco3)C2=O)c1. The van der Waals surface area contributed by atoms with Crippen LogP contribution in [0.25, 0.3) is 6.08 Å². The van der Waals surface area contributed by atoms with Crippen LogP contribution < -0.4 is 10.1 Å². The lowest BCUT2D eigenvalue weighted by Gasteiger charge is -2.25. The zero-order valence-electron chi connectivity index (χ0n) is 17.1. The predicted molar refractivity (Wildman–Crippen MR) is 120 cm³/mol. The van der Waals surface area contributed by atoms with Gasteiger partial charge in [0.25, 0.3) is 11.8 Å². The molecule has 8 heteroatoms. The van der Waals surface area contributed by atoms with Crippen molar-refractivity contribution < 1.29 is 23.5 Å². The van der Waals surface area contributed by atoms with Gasteiger partial charge in [-0.3, -0.25) is 19.8 Å². The van der Waals surface area contributed by atoms with Crippen LogP contribution in [0.2, 0.25) is 0 Å². The van der Waals surface area contributed by atoms with Gasteiger partial charge in [-0.25, -0.2) is 4.79 Å². The van der Waals surface area contributed by atoms with E-state index in [1.54, 1.807) is 24.3 Å². The van der Waals surface area contributed by atoms with E-state index in [4.69, 9.17) is 9.15 Å². The highest BCUT2D eigenvalue weighted by molar-refractivity contribution is 9.10. The molecule has 2 heterocycles. The molecule has 0 aliphatic carbocycles. The van der Waals surface area contributed by atoms with E-state index < -0.39 is 17.8 Å². The molecule has 0 bridgehead atoms. The molecule has 0 atom stereocenters. The molecular formula is C24H19BrN2O5. The normalized spacial score (nSPS) is 15.2. The monoisotopic (exact) mass is 494 g/mol. The van der Waals surface area contributed by atoms with Gasteiger partial charge in [0.05, 0.1) is 12.8 Å². The van der Waals surface area contributed by atoms with E-state index in [2.05, 4.69) is 21.2 Å². The van der Waals surface area contributed by atoms with Gasteiger partial charge in [0.2, 0.25) is 0 Å². The van der Waals surface area contributed by atoms with E-state index in [9.17, 15) is 14.4 Å². The summed E-state index contributed by atoms with van der Waals surface area (Å²) in [5.41, 5.74) is 2.47. The summed E-state index contributed by atoms with van der Waals surface area (Å²) in [6.07, 6.45) is 2.87. The standard InChI is InChI=1S/C24H19BrN2O5/c1-15-4-2-5-16(10-15)14-32-21-8-7-18(25)11-17(21)12-20-22(28)26-24(30)27(23(20)29)13-19-6-3-9-31-19/h2-12H,13-14H2,1H3,(H,26,28,30)/b20-12+. The number of halogens is 1. The third-order valence-electron chi connectivity index (χ3n) is 4.83. The smallest absolute Gasteiger partial charge is 0.331 e. The van der Waals surface area contributed by atoms with Crippen molar-refractivity contribution in [2.45, 2.75) is 20.1 Å². The maximum atomic E-state index is 13.0. The number of aryl methyl sites for hydroxylation is 1. The number of carbonyl (C=O) groups is 3. The van der Waals surface area contributed by atoms with E-state index in [-0.39, 0.29) is 12.1 Å². The van der Waals surface area contributed by atoms with Crippen LogP contribution in [0.3, 0.4) is 0 Å². The number of barbiturate groups is 1. The molecule has 4 rings (SSSR count). The number of imide groups is 2. The fourth-order valence-corrected chi connectivity index (χ4v) is 3.66. The third kappa shape index (κ3) is 4.81. The highest BCUT2D eigenvalue weighted by atomic mass is 79.9. The molecule has 1 fully saturated rings. The number of nitrogens with zero attached hydrogens (tertiary/aromatic N) is 1. The van der Waals surface area contributed by atoms with Gasteiger partial charge in [0, 0.05) is 10.0 Å². The Hall–Kier alpha value is -3.65. The van der Waals surface area contributed by atoms with Gasteiger partial charge >= 0.3 is 6.03 Å². The molecule has 0 spiro atoms. The number of ether oxygens (including phenoxy) is 1. The first-order valence-corrected chi connectivity index (χ1v) is 10.6. The lowest BCUT2D eigenvalue weighted by atomic mass is 10.1. The third-order valence-corrected chi connectivity index (χ3v) is 5.32. The largest absolute Gasteiger partial charge is 0.488 e. The van der Waals surface area contributed by atoms with Crippen LogP contribution in [-0.2, 0) is 22.7 Å². The first-order valence-electron chi connectivity index (χ1n) is 9.80. The summed E-state index contributed by atoms with van der Waals surface area (Å²) in [4.78, 5) is 38.6. The Morgan fingerprint density at radius 2 is 1.94 bits per heavy atom. The second-order valence-electron chi connectivity index (χ2n) is 7.25. The number of benzene rings is 2. The Morgan fingerprint density at radius 1 is 1.09 bits per heavy atom. The Kier molecular flexibility index (Phi) is 6.23. The number of urea groups is 1. The second kappa shape index (κ2) is 9.23. The zero-order chi connectivity index (χ0) is 22.7. The minimum absolute atomic E-state index is 0.0858. The highest BCUT2D eigenvalue weighted by Crippen LogP contribution is 2.28. The molecule has 0 unspecified atom stereocenters. The van der Waals surface area contributed by atoms with E-state index in [1.165, 1.54) is 12.3 Å².